The molecular formula is C12H24N2O2S. The molecule has 0 amide bonds. The van der Waals surface area contributed by atoms with E-state index in [1.807, 2.05) is 0 Å². The van der Waals surface area contributed by atoms with Crippen molar-refractivity contribution < 1.29 is 8.42 Å². The Morgan fingerprint density at radius 2 is 2.06 bits per heavy atom. The molecule has 2 aliphatic rings. The van der Waals surface area contributed by atoms with E-state index in [0.29, 0.717) is 5.75 Å². The van der Waals surface area contributed by atoms with Crippen LogP contribution in [-0.4, -0.2) is 57.5 Å². The van der Waals surface area contributed by atoms with Gasteiger partial charge >= 0.3 is 0 Å². The molecule has 2 rings (SSSR count). The van der Waals surface area contributed by atoms with Crippen LogP contribution in [0.4, 0.5) is 0 Å². The molecule has 5 heteroatoms. The topological polar surface area (TPSA) is 49.4 Å². The molecule has 0 bridgehead atoms. The van der Waals surface area contributed by atoms with Crippen molar-refractivity contribution in [2.75, 3.05) is 38.2 Å². The maximum Gasteiger partial charge on any atom is 0.147 e. The lowest BCUT2D eigenvalue weighted by atomic mass is 10.1. The lowest BCUT2D eigenvalue weighted by molar-refractivity contribution is 0.312. The van der Waals surface area contributed by atoms with Gasteiger partial charge in [-0.3, -0.25) is 0 Å². The SMILES string of the molecule is CS(=O)(=O)CCCNCC1CCN(C2CC2)C1. The Balaban J connectivity index is 1.51. The van der Waals surface area contributed by atoms with Crippen LogP contribution in [0.5, 0.6) is 0 Å². The molecule has 1 saturated heterocycles. The number of hydrogen-bond acceptors (Lipinski definition) is 4. The maximum absolute atomic E-state index is 10.9. The highest BCUT2D eigenvalue weighted by Crippen LogP contribution is 2.31. The van der Waals surface area contributed by atoms with E-state index in [1.54, 1.807) is 0 Å². The lowest BCUT2D eigenvalue weighted by Crippen LogP contribution is -2.28. The van der Waals surface area contributed by atoms with Crippen LogP contribution >= 0.6 is 0 Å². The summed E-state index contributed by atoms with van der Waals surface area (Å²) in [4.78, 5) is 2.61. The minimum atomic E-state index is -2.78. The van der Waals surface area contributed by atoms with E-state index in [0.717, 1.165) is 31.5 Å². The zero-order valence-electron chi connectivity index (χ0n) is 10.7. The molecule has 1 heterocycles. The van der Waals surface area contributed by atoms with Gasteiger partial charge in [-0.05, 0) is 51.2 Å². The molecule has 1 N–H and O–H groups in total. The summed E-state index contributed by atoms with van der Waals surface area (Å²) in [6.07, 6.45) is 6.13. The summed E-state index contributed by atoms with van der Waals surface area (Å²) in [5.41, 5.74) is 0. The van der Waals surface area contributed by atoms with Gasteiger partial charge < -0.3 is 10.2 Å². The molecule has 0 aromatic carbocycles. The number of hydrogen-bond donors (Lipinski definition) is 1. The van der Waals surface area contributed by atoms with Crippen LogP contribution in [0.15, 0.2) is 0 Å². The lowest BCUT2D eigenvalue weighted by Gasteiger charge is -2.15. The quantitative estimate of drug-likeness (QED) is 0.677. The highest BCUT2D eigenvalue weighted by Gasteiger charge is 2.33. The first kappa shape index (κ1) is 13.3. The molecule has 0 aromatic rings. The first-order chi connectivity index (χ1) is 8.04. The normalized spacial score (nSPS) is 26.5. The van der Waals surface area contributed by atoms with Gasteiger partial charge in [0.1, 0.15) is 9.84 Å². The second-order valence-corrected chi connectivity index (χ2v) is 7.83. The van der Waals surface area contributed by atoms with E-state index in [2.05, 4.69) is 10.2 Å². The van der Waals surface area contributed by atoms with Gasteiger partial charge in [0.25, 0.3) is 0 Å². The van der Waals surface area contributed by atoms with Crippen molar-refractivity contribution in [3.05, 3.63) is 0 Å². The third-order valence-electron chi connectivity index (χ3n) is 3.68. The summed E-state index contributed by atoms with van der Waals surface area (Å²) in [7, 11) is -2.78. The van der Waals surface area contributed by atoms with E-state index in [4.69, 9.17) is 0 Å². The van der Waals surface area contributed by atoms with E-state index >= 15 is 0 Å². The van der Waals surface area contributed by atoms with Crippen LogP contribution < -0.4 is 5.32 Å². The van der Waals surface area contributed by atoms with Gasteiger partial charge in [0, 0.05) is 18.8 Å². The Kier molecular flexibility index (Phi) is 4.44. The van der Waals surface area contributed by atoms with Crippen molar-refractivity contribution in [2.45, 2.75) is 31.7 Å². The smallest absolute Gasteiger partial charge is 0.147 e. The highest BCUT2D eigenvalue weighted by atomic mass is 32.2. The molecule has 1 aliphatic heterocycles. The number of nitrogens with zero attached hydrogens (tertiary/aromatic N) is 1. The fourth-order valence-corrected chi connectivity index (χ4v) is 3.23. The summed E-state index contributed by atoms with van der Waals surface area (Å²) < 4.78 is 21.9. The first-order valence-corrected chi connectivity index (χ1v) is 8.73. The Hall–Kier alpha value is -0.130. The molecule has 0 spiro atoms. The molecule has 1 atom stereocenters. The van der Waals surface area contributed by atoms with Crippen molar-refractivity contribution in [3.8, 4) is 0 Å². The minimum absolute atomic E-state index is 0.304. The van der Waals surface area contributed by atoms with Gasteiger partial charge in [-0.25, -0.2) is 8.42 Å². The van der Waals surface area contributed by atoms with Crippen LogP contribution in [0.25, 0.3) is 0 Å². The Bertz CT molecular complexity index is 338. The number of likely N-dealkylation sites (tertiary alicyclic amines) is 1. The second-order valence-electron chi connectivity index (χ2n) is 5.57. The number of nitrogens with one attached hydrogen (secondary N) is 1. The molecule has 1 aliphatic carbocycles. The molecular weight excluding hydrogens is 236 g/mol. The van der Waals surface area contributed by atoms with Crippen molar-refractivity contribution in [1.29, 1.82) is 0 Å². The van der Waals surface area contributed by atoms with Crippen LogP contribution in [0.2, 0.25) is 0 Å². The predicted octanol–water partition coefficient (Wildman–Crippen LogP) is 0.495. The largest absolute Gasteiger partial charge is 0.316 e. The Labute approximate surface area is 105 Å². The van der Waals surface area contributed by atoms with Crippen molar-refractivity contribution in [3.63, 3.8) is 0 Å². The third kappa shape index (κ3) is 4.94. The van der Waals surface area contributed by atoms with Gasteiger partial charge in [-0.15, -0.1) is 0 Å². The molecule has 100 valence electrons. The summed E-state index contributed by atoms with van der Waals surface area (Å²) in [6, 6.07) is 0.894. The van der Waals surface area contributed by atoms with Gasteiger partial charge in [-0.2, -0.15) is 0 Å². The van der Waals surface area contributed by atoms with Crippen LogP contribution in [0.1, 0.15) is 25.7 Å². The second kappa shape index (κ2) is 5.67. The molecule has 2 fully saturated rings. The molecule has 0 radical (unpaired) electrons. The fourth-order valence-electron chi connectivity index (χ4n) is 2.57. The van der Waals surface area contributed by atoms with E-state index < -0.39 is 9.84 Å². The number of rotatable bonds is 7. The van der Waals surface area contributed by atoms with Gasteiger partial charge in [-0.1, -0.05) is 0 Å². The first-order valence-electron chi connectivity index (χ1n) is 6.67. The summed E-state index contributed by atoms with van der Waals surface area (Å²) >= 11 is 0. The van der Waals surface area contributed by atoms with Crippen molar-refractivity contribution in [1.82, 2.24) is 10.2 Å². The van der Waals surface area contributed by atoms with E-state index in [9.17, 15) is 8.42 Å². The Morgan fingerprint density at radius 1 is 1.29 bits per heavy atom. The highest BCUT2D eigenvalue weighted by molar-refractivity contribution is 7.90. The van der Waals surface area contributed by atoms with Crippen LogP contribution in [-0.2, 0) is 9.84 Å². The number of sulfone groups is 1. The molecule has 1 saturated carbocycles. The Morgan fingerprint density at radius 3 is 2.71 bits per heavy atom. The molecule has 4 nitrogen and oxygen atoms in total. The summed E-state index contributed by atoms with van der Waals surface area (Å²) in [5, 5.41) is 3.39. The van der Waals surface area contributed by atoms with Crippen LogP contribution in [0, 0.1) is 5.92 Å². The van der Waals surface area contributed by atoms with Gasteiger partial charge in [0.2, 0.25) is 0 Å². The molecule has 17 heavy (non-hydrogen) atoms. The van der Waals surface area contributed by atoms with Gasteiger partial charge in [0.05, 0.1) is 5.75 Å². The van der Waals surface area contributed by atoms with Crippen molar-refractivity contribution >= 4 is 9.84 Å². The zero-order valence-corrected chi connectivity index (χ0v) is 11.5. The standard InChI is InChI=1S/C12H24N2O2S/c1-17(15,16)8-2-6-13-9-11-5-7-14(10-11)12-3-4-12/h11-13H,2-10H2,1H3. The average Bonchev–Trinajstić information content (AvgIpc) is 2.97. The summed E-state index contributed by atoms with van der Waals surface area (Å²) in [6.45, 7) is 4.38. The average molecular weight is 260 g/mol. The minimum Gasteiger partial charge on any atom is -0.316 e. The molecule has 0 aromatic heterocycles. The third-order valence-corrected chi connectivity index (χ3v) is 4.71. The predicted molar refractivity (Wildman–Crippen MR) is 69.9 cm³/mol. The maximum atomic E-state index is 10.9. The van der Waals surface area contributed by atoms with Crippen LogP contribution in [0.3, 0.4) is 0 Å². The van der Waals surface area contributed by atoms with Crippen molar-refractivity contribution in [2.24, 2.45) is 5.92 Å². The zero-order chi connectivity index (χ0) is 12.3. The monoisotopic (exact) mass is 260 g/mol. The van der Waals surface area contributed by atoms with Gasteiger partial charge in [0.15, 0.2) is 0 Å². The summed E-state index contributed by atoms with van der Waals surface area (Å²) in [5.74, 6) is 1.08. The van der Waals surface area contributed by atoms with E-state index in [1.165, 1.54) is 38.6 Å². The van der Waals surface area contributed by atoms with E-state index in [-0.39, 0.29) is 0 Å². The fraction of sp³-hybridized carbons (Fsp3) is 1.00. The molecule has 1 unspecified atom stereocenters.